The minimum Gasteiger partial charge on any atom is -0.352 e. The number of rotatable bonds is 5. The molecule has 1 N–H and O–H groups in total. The molecule has 4 rings (SSSR count). The molecule has 0 aliphatic carbocycles. The molecule has 1 amide bonds. The number of amides is 1. The maximum atomic E-state index is 13.0. The minimum absolute atomic E-state index is 0.0695. The van der Waals surface area contributed by atoms with E-state index in [0.29, 0.717) is 29.9 Å². The van der Waals surface area contributed by atoms with E-state index in [9.17, 15) is 13.2 Å². The van der Waals surface area contributed by atoms with Gasteiger partial charge in [-0.2, -0.15) is 4.31 Å². The van der Waals surface area contributed by atoms with Gasteiger partial charge in [-0.3, -0.25) is 4.79 Å². The largest absolute Gasteiger partial charge is 0.352 e. The van der Waals surface area contributed by atoms with Gasteiger partial charge in [0.15, 0.2) is 5.52 Å². The zero-order chi connectivity index (χ0) is 20.4. The van der Waals surface area contributed by atoms with Crippen LogP contribution >= 0.6 is 11.6 Å². The van der Waals surface area contributed by atoms with Crippen molar-refractivity contribution in [2.75, 3.05) is 13.1 Å². The summed E-state index contributed by atoms with van der Waals surface area (Å²) >= 11 is 5.96. The molecule has 0 spiro atoms. The van der Waals surface area contributed by atoms with Crippen molar-refractivity contribution < 1.29 is 17.8 Å². The van der Waals surface area contributed by atoms with Crippen LogP contribution in [0.15, 0.2) is 52.0 Å². The highest BCUT2D eigenvalue weighted by atomic mass is 35.5. The Balaban J connectivity index is 1.38. The number of nitrogens with one attached hydrogen (secondary N) is 1. The van der Waals surface area contributed by atoms with Crippen LogP contribution in [0.5, 0.6) is 0 Å². The van der Waals surface area contributed by atoms with Gasteiger partial charge < -0.3 is 5.32 Å². The molecular weight excluding hydrogens is 416 g/mol. The predicted molar refractivity (Wildman–Crippen MR) is 107 cm³/mol. The molecule has 2 aromatic carbocycles. The second-order valence-electron chi connectivity index (χ2n) is 6.91. The van der Waals surface area contributed by atoms with E-state index in [-0.39, 0.29) is 35.3 Å². The van der Waals surface area contributed by atoms with Gasteiger partial charge in [0.1, 0.15) is 10.4 Å². The Morgan fingerprint density at radius 2 is 1.93 bits per heavy atom. The molecule has 1 aromatic heterocycles. The normalized spacial score (nSPS) is 16.2. The Labute approximate surface area is 172 Å². The summed E-state index contributed by atoms with van der Waals surface area (Å²) in [7, 11) is -3.74. The molecule has 0 atom stereocenters. The summed E-state index contributed by atoms with van der Waals surface area (Å²) in [5, 5.41) is 10.9. The second-order valence-corrected chi connectivity index (χ2v) is 9.26. The highest BCUT2D eigenvalue weighted by Crippen LogP contribution is 2.27. The summed E-state index contributed by atoms with van der Waals surface area (Å²) in [4.78, 5) is 12.5. The number of piperidine rings is 1. The van der Waals surface area contributed by atoms with E-state index in [0.717, 1.165) is 5.56 Å². The molecule has 0 radical (unpaired) electrons. The average Bonchev–Trinajstić information content (AvgIpc) is 3.21. The Morgan fingerprint density at radius 3 is 2.69 bits per heavy atom. The van der Waals surface area contributed by atoms with Gasteiger partial charge in [0.2, 0.25) is 15.9 Å². The van der Waals surface area contributed by atoms with Crippen LogP contribution in [0.2, 0.25) is 5.02 Å². The lowest BCUT2D eigenvalue weighted by molar-refractivity contribution is -0.126. The highest BCUT2D eigenvalue weighted by molar-refractivity contribution is 7.89. The SMILES string of the molecule is O=C(NCc1cccc(Cl)c1)C1CCN(S(=O)(=O)c2cccc3nonc23)CC1. The second kappa shape index (κ2) is 8.10. The fourth-order valence-electron chi connectivity index (χ4n) is 3.47. The Bertz CT molecular complexity index is 1140. The van der Waals surface area contributed by atoms with Crippen molar-refractivity contribution >= 4 is 38.6 Å². The van der Waals surface area contributed by atoms with E-state index in [4.69, 9.17) is 11.6 Å². The van der Waals surface area contributed by atoms with Crippen molar-refractivity contribution in [2.24, 2.45) is 5.92 Å². The van der Waals surface area contributed by atoms with E-state index in [2.05, 4.69) is 20.3 Å². The summed E-state index contributed by atoms with van der Waals surface area (Å²) in [6.07, 6.45) is 0.904. The van der Waals surface area contributed by atoms with Crippen molar-refractivity contribution in [3.63, 3.8) is 0 Å². The molecule has 3 aromatic rings. The van der Waals surface area contributed by atoms with Gasteiger partial charge >= 0.3 is 0 Å². The van der Waals surface area contributed by atoms with Gasteiger partial charge in [-0.1, -0.05) is 29.8 Å². The lowest BCUT2D eigenvalue weighted by Crippen LogP contribution is -2.42. The molecule has 0 saturated carbocycles. The number of hydrogen-bond acceptors (Lipinski definition) is 6. The number of nitrogens with zero attached hydrogens (tertiary/aromatic N) is 3. The first-order valence-corrected chi connectivity index (χ1v) is 11.0. The van der Waals surface area contributed by atoms with Crippen molar-refractivity contribution in [3.8, 4) is 0 Å². The van der Waals surface area contributed by atoms with Gasteiger partial charge in [-0.05, 0) is 53.0 Å². The third-order valence-corrected chi connectivity index (χ3v) is 7.21. The van der Waals surface area contributed by atoms with Crippen LogP contribution in [0, 0.1) is 5.92 Å². The zero-order valence-corrected chi connectivity index (χ0v) is 17.0. The number of carbonyl (C=O) groups excluding carboxylic acids is 1. The van der Waals surface area contributed by atoms with Crippen LogP contribution < -0.4 is 5.32 Å². The maximum Gasteiger partial charge on any atom is 0.245 e. The van der Waals surface area contributed by atoms with E-state index in [1.165, 1.54) is 10.4 Å². The molecular formula is C19H19ClN4O4S. The first-order valence-electron chi connectivity index (χ1n) is 9.19. The number of fused-ring (bicyclic) bond motifs is 1. The first kappa shape index (κ1) is 19.8. The molecule has 1 fully saturated rings. The molecule has 2 heterocycles. The summed E-state index contributed by atoms with van der Waals surface area (Å²) in [6, 6.07) is 12.0. The Kier molecular flexibility index (Phi) is 5.53. The summed E-state index contributed by atoms with van der Waals surface area (Å²) in [5.41, 5.74) is 1.52. The van der Waals surface area contributed by atoms with Crippen LogP contribution in [-0.2, 0) is 21.4 Å². The van der Waals surface area contributed by atoms with Gasteiger partial charge in [0, 0.05) is 30.6 Å². The van der Waals surface area contributed by atoms with Crippen LogP contribution in [0.4, 0.5) is 0 Å². The number of benzene rings is 2. The minimum atomic E-state index is -3.74. The molecule has 29 heavy (non-hydrogen) atoms. The highest BCUT2D eigenvalue weighted by Gasteiger charge is 2.33. The summed E-state index contributed by atoms with van der Waals surface area (Å²) < 4.78 is 32.1. The molecule has 0 bridgehead atoms. The maximum absolute atomic E-state index is 13.0. The fourth-order valence-corrected chi connectivity index (χ4v) is 5.29. The zero-order valence-electron chi connectivity index (χ0n) is 15.4. The topological polar surface area (TPSA) is 105 Å². The monoisotopic (exact) mass is 434 g/mol. The first-order chi connectivity index (χ1) is 13.9. The number of hydrogen-bond donors (Lipinski definition) is 1. The molecule has 8 nitrogen and oxygen atoms in total. The average molecular weight is 435 g/mol. The van der Waals surface area contributed by atoms with Crippen molar-refractivity contribution in [1.82, 2.24) is 19.9 Å². The van der Waals surface area contributed by atoms with Gasteiger partial charge in [-0.25, -0.2) is 13.0 Å². The molecule has 10 heteroatoms. The summed E-state index contributed by atoms with van der Waals surface area (Å²) in [5.74, 6) is -0.310. The van der Waals surface area contributed by atoms with E-state index in [1.807, 2.05) is 12.1 Å². The Hall–Kier alpha value is -2.49. The molecule has 0 unspecified atom stereocenters. The quantitative estimate of drug-likeness (QED) is 0.661. The lowest BCUT2D eigenvalue weighted by Gasteiger charge is -2.30. The third-order valence-electron chi connectivity index (χ3n) is 5.05. The fraction of sp³-hybridized carbons (Fsp3) is 0.316. The van der Waals surface area contributed by atoms with E-state index in [1.54, 1.807) is 24.3 Å². The van der Waals surface area contributed by atoms with Crippen LogP contribution in [0.1, 0.15) is 18.4 Å². The molecule has 1 saturated heterocycles. The summed E-state index contributed by atoms with van der Waals surface area (Å²) in [6.45, 7) is 0.914. The standard InChI is InChI=1S/C19H19ClN4O4S/c20-15-4-1-3-13(11-15)12-21-19(25)14-7-9-24(10-8-14)29(26,27)17-6-2-5-16-18(17)23-28-22-16/h1-6,11,14H,7-10,12H2,(H,21,25). The van der Waals surface area contributed by atoms with Gasteiger partial charge in [0.25, 0.3) is 0 Å². The van der Waals surface area contributed by atoms with Crippen molar-refractivity contribution in [1.29, 1.82) is 0 Å². The third kappa shape index (κ3) is 4.12. The van der Waals surface area contributed by atoms with Crippen molar-refractivity contribution in [3.05, 3.63) is 53.1 Å². The molecule has 152 valence electrons. The molecule has 1 aliphatic heterocycles. The number of sulfonamides is 1. The van der Waals surface area contributed by atoms with Crippen LogP contribution in [0.25, 0.3) is 11.0 Å². The van der Waals surface area contributed by atoms with E-state index >= 15 is 0 Å². The number of aromatic nitrogens is 2. The van der Waals surface area contributed by atoms with Crippen molar-refractivity contribution in [2.45, 2.75) is 24.3 Å². The smallest absolute Gasteiger partial charge is 0.245 e. The van der Waals surface area contributed by atoms with Gasteiger partial charge in [0.05, 0.1) is 0 Å². The van der Waals surface area contributed by atoms with Crippen LogP contribution in [0.3, 0.4) is 0 Å². The lowest BCUT2D eigenvalue weighted by atomic mass is 9.97. The Morgan fingerprint density at radius 1 is 1.17 bits per heavy atom. The number of carbonyl (C=O) groups is 1. The predicted octanol–water partition coefficient (Wildman–Crippen LogP) is 2.59. The van der Waals surface area contributed by atoms with Gasteiger partial charge in [-0.15, -0.1) is 0 Å². The number of halogens is 1. The molecule has 1 aliphatic rings. The van der Waals surface area contributed by atoms with Crippen LogP contribution in [-0.4, -0.2) is 42.0 Å². The van der Waals surface area contributed by atoms with E-state index < -0.39 is 10.0 Å².